The van der Waals surface area contributed by atoms with Gasteiger partial charge in [-0.15, -0.1) is 0 Å². The summed E-state index contributed by atoms with van der Waals surface area (Å²) in [4.78, 5) is 7.47. The van der Waals surface area contributed by atoms with Gasteiger partial charge in [0.15, 0.2) is 0 Å². The second kappa shape index (κ2) is 6.08. The lowest BCUT2D eigenvalue weighted by Crippen LogP contribution is -2.31. The highest BCUT2D eigenvalue weighted by atomic mass is 15.2. The standard InChI is InChI=1S/C19H32N2/c1-11(2)16-9-13(5)20-19-15(7)21(8)14(6)10-17(12(3)4)18(16)19/h9,11-12,14-15,17H,10H2,1-8H3/t14-,15+,17?/m1/s1. The van der Waals surface area contributed by atoms with Gasteiger partial charge in [-0.1, -0.05) is 27.7 Å². The van der Waals surface area contributed by atoms with Crippen molar-refractivity contribution in [3.05, 3.63) is 28.6 Å². The first-order chi connectivity index (χ1) is 9.73. The predicted molar refractivity (Wildman–Crippen MR) is 90.9 cm³/mol. The summed E-state index contributed by atoms with van der Waals surface area (Å²) in [5, 5.41) is 0. The smallest absolute Gasteiger partial charge is 0.0613 e. The fourth-order valence-electron chi connectivity index (χ4n) is 3.77. The Morgan fingerprint density at radius 2 is 1.81 bits per heavy atom. The number of aryl methyl sites for hydroxylation is 1. The highest BCUT2D eigenvalue weighted by Gasteiger charge is 2.34. The van der Waals surface area contributed by atoms with Gasteiger partial charge in [0.25, 0.3) is 0 Å². The van der Waals surface area contributed by atoms with Gasteiger partial charge in [0.05, 0.1) is 5.69 Å². The number of rotatable bonds is 2. The molecule has 1 aliphatic rings. The van der Waals surface area contributed by atoms with Crippen LogP contribution in [0.1, 0.15) is 88.4 Å². The molecule has 2 heteroatoms. The zero-order chi connectivity index (χ0) is 15.9. The molecule has 1 unspecified atom stereocenters. The summed E-state index contributed by atoms with van der Waals surface area (Å²) in [6.45, 7) is 16.2. The van der Waals surface area contributed by atoms with Crippen molar-refractivity contribution in [1.29, 1.82) is 0 Å². The van der Waals surface area contributed by atoms with E-state index in [9.17, 15) is 0 Å². The van der Waals surface area contributed by atoms with Gasteiger partial charge < -0.3 is 0 Å². The second-order valence-electron chi connectivity index (χ2n) is 7.58. The van der Waals surface area contributed by atoms with Gasteiger partial charge in [-0.2, -0.15) is 0 Å². The van der Waals surface area contributed by atoms with Crippen molar-refractivity contribution in [3.8, 4) is 0 Å². The quantitative estimate of drug-likeness (QED) is 0.758. The number of fused-ring (bicyclic) bond motifs is 1. The molecule has 1 aliphatic heterocycles. The number of nitrogens with zero attached hydrogens (tertiary/aromatic N) is 2. The van der Waals surface area contributed by atoms with Crippen molar-refractivity contribution < 1.29 is 0 Å². The van der Waals surface area contributed by atoms with Crippen LogP contribution in [0.3, 0.4) is 0 Å². The molecule has 0 N–H and O–H groups in total. The van der Waals surface area contributed by atoms with Crippen molar-refractivity contribution in [2.75, 3.05) is 7.05 Å². The minimum atomic E-state index is 0.399. The topological polar surface area (TPSA) is 16.1 Å². The van der Waals surface area contributed by atoms with Crippen LogP contribution in [0.4, 0.5) is 0 Å². The Labute approximate surface area is 131 Å². The largest absolute Gasteiger partial charge is 0.295 e. The zero-order valence-electron chi connectivity index (χ0n) is 15.1. The second-order valence-corrected chi connectivity index (χ2v) is 7.58. The molecule has 21 heavy (non-hydrogen) atoms. The van der Waals surface area contributed by atoms with Crippen LogP contribution in [0, 0.1) is 12.8 Å². The summed E-state index contributed by atoms with van der Waals surface area (Å²) < 4.78 is 0. The van der Waals surface area contributed by atoms with Crippen LogP contribution in [0.2, 0.25) is 0 Å². The lowest BCUT2D eigenvalue weighted by molar-refractivity contribution is 0.185. The van der Waals surface area contributed by atoms with Gasteiger partial charge in [-0.25, -0.2) is 0 Å². The van der Waals surface area contributed by atoms with Crippen LogP contribution in [0.15, 0.2) is 6.07 Å². The van der Waals surface area contributed by atoms with Crippen molar-refractivity contribution in [3.63, 3.8) is 0 Å². The Balaban J connectivity index is 2.71. The molecule has 0 aliphatic carbocycles. The Bertz CT molecular complexity index is 505. The third-order valence-corrected chi connectivity index (χ3v) is 5.34. The van der Waals surface area contributed by atoms with Gasteiger partial charge in [-0.05, 0) is 69.2 Å². The molecule has 2 rings (SSSR count). The third-order valence-electron chi connectivity index (χ3n) is 5.34. The molecule has 0 aromatic carbocycles. The van der Waals surface area contributed by atoms with E-state index >= 15 is 0 Å². The van der Waals surface area contributed by atoms with E-state index < -0.39 is 0 Å². The Morgan fingerprint density at radius 1 is 1.19 bits per heavy atom. The molecule has 0 saturated carbocycles. The third kappa shape index (κ3) is 3.01. The van der Waals surface area contributed by atoms with Crippen LogP contribution in [0.25, 0.3) is 0 Å². The van der Waals surface area contributed by atoms with Gasteiger partial charge in [0.1, 0.15) is 0 Å². The zero-order valence-corrected chi connectivity index (χ0v) is 15.1. The number of hydrogen-bond donors (Lipinski definition) is 0. The maximum atomic E-state index is 4.97. The molecule has 1 aromatic heterocycles. The van der Waals surface area contributed by atoms with E-state index in [0.717, 1.165) is 5.69 Å². The number of hydrogen-bond acceptors (Lipinski definition) is 2. The van der Waals surface area contributed by atoms with Crippen molar-refractivity contribution >= 4 is 0 Å². The molecular weight excluding hydrogens is 256 g/mol. The average Bonchev–Trinajstić information content (AvgIpc) is 2.49. The van der Waals surface area contributed by atoms with Gasteiger partial charge >= 0.3 is 0 Å². The number of aromatic nitrogens is 1. The molecule has 0 bridgehead atoms. The van der Waals surface area contributed by atoms with Gasteiger partial charge in [0, 0.05) is 17.8 Å². The summed E-state index contributed by atoms with van der Waals surface area (Å²) in [5.74, 6) is 1.84. The molecule has 0 amide bonds. The minimum absolute atomic E-state index is 0.399. The first-order valence-electron chi connectivity index (χ1n) is 8.47. The van der Waals surface area contributed by atoms with E-state index in [2.05, 4.69) is 66.5 Å². The molecule has 0 fully saturated rings. The van der Waals surface area contributed by atoms with E-state index in [-0.39, 0.29) is 0 Å². The molecule has 1 aromatic rings. The van der Waals surface area contributed by atoms with Crippen molar-refractivity contribution in [1.82, 2.24) is 9.88 Å². The first kappa shape index (κ1) is 16.5. The molecular formula is C19H32N2. The van der Waals surface area contributed by atoms with Gasteiger partial charge in [0.2, 0.25) is 0 Å². The van der Waals surface area contributed by atoms with E-state index in [4.69, 9.17) is 4.98 Å². The van der Waals surface area contributed by atoms with E-state index in [1.165, 1.54) is 17.7 Å². The Hall–Kier alpha value is -0.890. The fourth-order valence-corrected chi connectivity index (χ4v) is 3.77. The average molecular weight is 288 g/mol. The molecule has 3 atom stereocenters. The summed E-state index contributed by atoms with van der Waals surface area (Å²) in [6.07, 6.45) is 1.23. The van der Waals surface area contributed by atoms with Crippen LogP contribution in [0.5, 0.6) is 0 Å². The summed E-state index contributed by atoms with van der Waals surface area (Å²) >= 11 is 0. The Kier molecular flexibility index (Phi) is 4.77. The first-order valence-corrected chi connectivity index (χ1v) is 8.47. The van der Waals surface area contributed by atoms with Crippen LogP contribution in [-0.2, 0) is 0 Å². The van der Waals surface area contributed by atoms with Crippen LogP contribution < -0.4 is 0 Å². The summed E-state index contributed by atoms with van der Waals surface area (Å²) in [7, 11) is 2.25. The lowest BCUT2D eigenvalue weighted by Gasteiger charge is -2.28. The predicted octanol–water partition coefficient (Wildman–Crippen LogP) is 5.04. The monoisotopic (exact) mass is 288 g/mol. The van der Waals surface area contributed by atoms with Crippen LogP contribution >= 0.6 is 0 Å². The van der Waals surface area contributed by atoms with Crippen molar-refractivity contribution in [2.24, 2.45) is 5.92 Å². The molecule has 118 valence electrons. The number of pyridine rings is 1. The molecule has 0 saturated heterocycles. The summed E-state index contributed by atoms with van der Waals surface area (Å²) in [6, 6.07) is 3.32. The lowest BCUT2D eigenvalue weighted by atomic mass is 9.79. The van der Waals surface area contributed by atoms with E-state index in [0.29, 0.717) is 29.8 Å². The minimum Gasteiger partial charge on any atom is -0.295 e. The van der Waals surface area contributed by atoms with E-state index in [1.54, 1.807) is 5.56 Å². The maximum Gasteiger partial charge on any atom is 0.0613 e. The SMILES string of the molecule is Cc1cc(C(C)C)c2c(n1)[C@H](C)N(C)[C@H](C)CC2C(C)C. The normalized spacial score (nSPS) is 27.0. The maximum absolute atomic E-state index is 4.97. The molecule has 2 nitrogen and oxygen atoms in total. The summed E-state index contributed by atoms with van der Waals surface area (Å²) in [5.41, 5.74) is 5.55. The fraction of sp³-hybridized carbons (Fsp3) is 0.737. The van der Waals surface area contributed by atoms with Crippen LogP contribution in [-0.4, -0.2) is 23.0 Å². The highest BCUT2D eigenvalue weighted by Crippen LogP contribution is 2.43. The molecule has 0 radical (unpaired) electrons. The highest BCUT2D eigenvalue weighted by molar-refractivity contribution is 5.40. The van der Waals surface area contributed by atoms with Gasteiger partial charge in [-0.3, -0.25) is 9.88 Å². The molecule has 2 heterocycles. The van der Waals surface area contributed by atoms with E-state index in [1.807, 2.05) is 0 Å². The molecule has 0 spiro atoms. The Morgan fingerprint density at radius 3 is 2.33 bits per heavy atom. The van der Waals surface area contributed by atoms with Crippen molar-refractivity contribution in [2.45, 2.75) is 78.8 Å².